The number of anilines is 1. The van der Waals surface area contributed by atoms with Crippen molar-refractivity contribution < 1.29 is 23.5 Å². The summed E-state index contributed by atoms with van der Waals surface area (Å²) in [5.41, 5.74) is 0.233. The third-order valence-electron chi connectivity index (χ3n) is 4.60. The number of carbonyl (C=O) groups is 3. The van der Waals surface area contributed by atoms with Gasteiger partial charge in [-0.2, -0.15) is 0 Å². The van der Waals surface area contributed by atoms with Crippen LogP contribution in [0.4, 0.5) is 10.1 Å². The van der Waals surface area contributed by atoms with Crippen molar-refractivity contribution >= 4 is 23.4 Å². The summed E-state index contributed by atoms with van der Waals surface area (Å²) < 4.78 is 19.5. The molecule has 1 aliphatic rings. The summed E-state index contributed by atoms with van der Waals surface area (Å²) in [6, 6.07) is 11.1. The Morgan fingerprint density at radius 1 is 1.24 bits per heavy atom. The number of hydrogen-bond acceptors (Lipinski definition) is 4. The monoisotopic (exact) mass is 396 g/mol. The molecule has 3 rings (SSSR count). The largest absolute Gasteiger partial charge is 0.494 e. The van der Waals surface area contributed by atoms with Crippen molar-refractivity contribution in [2.24, 2.45) is 0 Å². The zero-order valence-electron chi connectivity index (χ0n) is 16.0. The molecule has 2 aromatic carbocycles. The minimum absolute atomic E-state index is 0.00791. The lowest BCUT2D eigenvalue weighted by atomic mass is 10.1. The maximum absolute atomic E-state index is 14.1. The molecule has 150 valence electrons. The Bertz CT molecular complexity index is 942. The van der Waals surface area contributed by atoms with Crippen LogP contribution in [0.5, 0.6) is 5.75 Å². The van der Waals surface area contributed by atoms with Gasteiger partial charge in [-0.3, -0.25) is 14.4 Å². The molecule has 1 atom stereocenters. The Morgan fingerprint density at radius 3 is 2.55 bits per heavy atom. The molecule has 1 aliphatic heterocycles. The topological polar surface area (TPSA) is 66.9 Å². The van der Waals surface area contributed by atoms with Gasteiger partial charge in [-0.15, -0.1) is 6.58 Å². The standard InChI is InChI=1S/C22H21FN2O4/c1-3-13-24(21(27)17-7-5-6-8-18(17)23)19-14-20(26)25(22(19)28)15-9-11-16(12-10-15)29-4-2/h3,5-12,19H,1,4,13-14H2,2H3. The van der Waals surface area contributed by atoms with Gasteiger partial charge in [0, 0.05) is 6.54 Å². The lowest BCUT2D eigenvalue weighted by Gasteiger charge is -2.26. The van der Waals surface area contributed by atoms with Gasteiger partial charge in [0.2, 0.25) is 5.91 Å². The number of nitrogens with zero attached hydrogens (tertiary/aromatic N) is 2. The molecule has 6 nitrogen and oxygen atoms in total. The number of rotatable bonds is 7. The van der Waals surface area contributed by atoms with Crippen LogP contribution in [0.15, 0.2) is 61.2 Å². The van der Waals surface area contributed by atoms with Gasteiger partial charge in [0.05, 0.1) is 24.3 Å². The molecule has 0 saturated carbocycles. The Balaban J connectivity index is 1.88. The van der Waals surface area contributed by atoms with E-state index in [0.29, 0.717) is 18.0 Å². The number of ether oxygens (including phenoxy) is 1. The summed E-state index contributed by atoms with van der Waals surface area (Å²) in [5, 5.41) is 0. The third kappa shape index (κ3) is 4.03. The van der Waals surface area contributed by atoms with Crippen molar-refractivity contribution in [1.29, 1.82) is 0 Å². The van der Waals surface area contributed by atoms with Crippen molar-refractivity contribution in [2.45, 2.75) is 19.4 Å². The summed E-state index contributed by atoms with van der Waals surface area (Å²) >= 11 is 0. The highest BCUT2D eigenvalue weighted by Gasteiger charge is 2.44. The fraction of sp³-hybridized carbons (Fsp3) is 0.227. The fourth-order valence-corrected chi connectivity index (χ4v) is 3.27. The van der Waals surface area contributed by atoms with Crippen LogP contribution in [-0.4, -0.2) is 41.8 Å². The number of imide groups is 1. The number of halogens is 1. The smallest absolute Gasteiger partial charge is 0.257 e. The summed E-state index contributed by atoms with van der Waals surface area (Å²) in [6.07, 6.45) is 1.26. The predicted molar refractivity (Wildman–Crippen MR) is 106 cm³/mol. The summed E-state index contributed by atoms with van der Waals surface area (Å²) in [6.45, 7) is 5.97. The van der Waals surface area contributed by atoms with Gasteiger partial charge in [-0.1, -0.05) is 18.2 Å². The van der Waals surface area contributed by atoms with E-state index in [9.17, 15) is 18.8 Å². The predicted octanol–water partition coefficient (Wildman–Crippen LogP) is 3.18. The van der Waals surface area contributed by atoms with Crippen LogP contribution in [-0.2, 0) is 9.59 Å². The van der Waals surface area contributed by atoms with Crippen molar-refractivity contribution in [2.75, 3.05) is 18.1 Å². The van der Waals surface area contributed by atoms with Crippen molar-refractivity contribution in [3.05, 3.63) is 72.6 Å². The van der Waals surface area contributed by atoms with E-state index in [1.165, 1.54) is 35.2 Å². The Kier molecular flexibility index (Phi) is 6.07. The van der Waals surface area contributed by atoms with E-state index in [-0.39, 0.29) is 18.5 Å². The molecule has 1 unspecified atom stereocenters. The van der Waals surface area contributed by atoms with E-state index in [1.54, 1.807) is 24.3 Å². The highest BCUT2D eigenvalue weighted by molar-refractivity contribution is 6.23. The molecule has 7 heteroatoms. The number of hydrogen-bond donors (Lipinski definition) is 0. The normalized spacial score (nSPS) is 16.1. The van der Waals surface area contributed by atoms with Crippen LogP contribution < -0.4 is 9.64 Å². The van der Waals surface area contributed by atoms with Crippen molar-refractivity contribution in [3.8, 4) is 5.75 Å². The minimum atomic E-state index is -1.03. The lowest BCUT2D eigenvalue weighted by Crippen LogP contribution is -2.45. The van der Waals surface area contributed by atoms with Crippen molar-refractivity contribution in [1.82, 2.24) is 4.90 Å². The molecule has 1 fully saturated rings. The first-order chi connectivity index (χ1) is 14.0. The first-order valence-electron chi connectivity index (χ1n) is 9.24. The van der Waals surface area contributed by atoms with E-state index in [2.05, 4.69) is 6.58 Å². The van der Waals surface area contributed by atoms with E-state index in [1.807, 2.05) is 6.92 Å². The summed E-state index contributed by atoms with van der Waals surface area (Å²) in [5.74, 6) is -1.70. The number of amides is 3. The maximum Gasteiger partial charge on any atom is 0.257 e. The second-order valence-electron chi connectivity index (χ2n) is 6.44. The van der Waals surface area contributed by atoms with Crippen LogP contribution in [0.3, 0.4) is 0 Å². The molecular formula is C22H21FN2O4. The van der Waals surface area contributed by atoms with Gasteiger partial charge in [0.15, 0.2) is 0 Å². The van der Waals surface area contributed by atoms with Crippen LogP contribution >= 0.6 is 0 Å². The van der Waals surface area contributed by atoms with E-state index in [4.69, 9.17) is 4.74 Å². The third-order valence-corrected chi connectivity index (χ3v) is 4.60. The van der Waals surface area contributed by atoms with E-state index < -0.39 is 29.6 Å². The molecule has 29 heavy (non-hydrogen) atoms. The van der Waals surface area contributed by atoms with Crippen molar-refractivity contribution in [3.63, 3.8) is 0 Å². The fourth-order valence-electron chi connectivity index (χ4n) is 3.27. The zero-order chi connectivity index (χ0) is 21.0. The van der Waals surface area contributed by atoms with Crippen LogP contribution in [0.25, 0.3) is 0 Å². The molecule has 0 N–H and O–H groups in total. The molecule has 2 aromatic rings. The quantitative estimate of drug-likeness (QED) is 0.533. The molecule has 1 saturated heterocycles. The number of benzene rings is 2. The van der Waals surface area contributed by atoms with Gasteiger partial charge >= 0.3 is 0 Å². The first kappa shape index (κ1) is 20.3. The average molecular weight is 396 g/mol. The van der Waals surface area contributed by atoms with Crippen LogP contribution in [0.2, 0.25) is 0 Å². The first-order valence-corrected chi connectivity index (χ1v) is 9.24. The Labute approximate surface area is 168 Å². The van der Waals surface area contributed by atoms with E-state index in [0.717, 1.165) is 4.90 Å². The average Bonchev–Trinajstić information content (AvgIpc) is 3.01. The van der Waals surface area contributed by atoms with Gasteiger partial charge < -0.3 is 9.64 Å². The van der Waals surface area contributed by atoms with Crippen LogP contribution in [0, 0.1) is 5.82 Å². The zero-order valence-corrected chi connectivity index (χ0v) is 16.0. The molecule has 0 aliphatic carbocycles. The summed E-state index contributed by atoms with van der Waals surface area (Å²) in [4.78, 5) is 40.7. The van der Waals surface area contributed by atoms with Gasteiger partial charge in [-0.05, 0) is 43.3 Å². The second-order valence-corrected chi connectivity index (χ2v) is 6.44. The maximum atomic E-state index is 14.1. The van der Waals surface area contributed by atoms with Gasteiger partial charge in [0.1, 0.15) is 17.6 Å². The molecule has 0 aromatic heterocycles. The highest BCUT2D eigenvalue weighted by Crippen LogP contribution is 2.28. The molecule has 0 bridgehead atoms. The molecule has 3 amide bonds. The van der Waals surface area contributed by atoms with Crippen LogP contribution in [0.1, 0.15) is 23.7 Å². The molecule has 0 radical (unpaired) electrons. The lowest BCUT2D eigenvalue weighted by molar-refractivity contribution is -0.122. The van der Waals surface area contributed by atoms with Gasteiger partial charge in [-0.25, -0.2) is 9.29 Å². The molecule has 1 heterocycles. The second kappa shape index (κ2) is 8.68. The highest BCUT2D eigenvalue weighted by atomic mass is 19.1. The summed E-state index contributed by atoms with van der Waals surface area (Å²) in [7, 11) is 0. The Morgan fingerprint density at radius 2 is 1.93 bits per heavy atom. The molecule has 0 spiro atoms. The minimum Gasteiger partial charge on any atom is -0.494 e. The Hall–Kier alpha value is -3.48. The number of carbonyl (C=O) groups excluding carboxylic acids is 3. The molecular weight excluding hydrogens is 375 g/mol. The van der Waals surface area contributed by atoms with Gasteiger partial charge in [0.25, 0.3) is 11.8 Å². The SMILES string of the molecule is C=CCN(C(=O)c1ccccc1F)C1CC(=O)N(c2ccc(OCC)cc2)C1=O. The van der Waals surface area contributed by atoms with E-state index >= 15 is 0 Å².